The Hall–Kier alpha value is -2.23. The van der Waals surface area contributed by atoms with Crippen LogP contribution in [0.15, 0.2) is 33.7 Å². The lowest BCUT2D eigenvalue weighted by molar-refractivity contribution is -0.117. The molecular weight excluding hydrogens is 344 g/mol. The van der Waals surface area contributed by atoms with Crippen LogP contribution < -0.4 is 10.0 Å². The van der Waals surface area contributed by atoms with Crippen LogP contribution in [0.5, 0.6) is 0 Å². The van der Waals surface area contributed by atoms with E-state index in [1.807, 2.05) is 6.07 Å². The molecule has 0 aliphatic carbocycles. The maximum Gasteiger partial charge on any atom is 0.240 e. The number of amides is 1. The number of likely N-dealkylation sites (N-methyl/N-ethyl adjacent to an activating group) is 1. The van der Waals surface area contributed by atoms with Crippen molar-refractivity contribution in [2.24, 2.45) is 0 Å². The second kappa shape index (κ2) is 7.77. The number of sulfonamides is 1. The first-order valence-electron chi connectivity index (χ1n) is 7.66. The summed E-state index contributed by atoms with van der Waals surface area (Å²) < 4.78 is 31.3. The largest absolute Gasteiger partial charge is 0.361 e. The molecule has 9 heteroatoms. The number of nitrogens with zero attached hydrogens (tertiary/aromatic N) is 2. The molecule has 0 bridgehead atoms. The van der Waals surface area contributed by atoms with E-state index in [4.69, 9.17) is 4.52 Å². The molecule has 2 rings (SSSR count). The van der Waals surface area contributed by atoms with Crippen molar-refractivity contribution in [2.45, 2.75) is 25.3 Å². The zero-order chi connectivity index (χ0) is 18.6. The zero-order valence-electron chi connectivity index (χ0n) is 14.7. The van der Waals surface area contributed by atoms with Gasteiger partial charge in [-0.25, -0.2) is 13.1 Å². The van der Waals surface area contributed by atoms with E-state index in [2.05, 4.69) is 15.2 Å². The molecule has 2 N–H and O–H groups in total. The SMILES string of the molecule is CNS(=O)(=O)c1cc(NC(=O)CN(C)Cc2cc(C)on2)ccc1C. The number of nitrogens with one attached hydrogen (secondary N) is 2. The summed E-state index contributed by atoms with van der Waals surface area (Å²) in [7, 11) is -0.444. The maximum absolute atomic E-state index is 12.2. The van der Waals surface area contributed by atoms with Crippen molar-refractivity contribution < 1.29 is 17.7 Å². The van der Waals surface area contributed by atoms with Crippen molar-refractivity contribution in [3.8, 4) is 0 Å². The molecule has 25 heavy (non-hydrogen) atoms. The van der Waals surface area contributed by atoms with Gasteiger partial charge in [0.25, 0.3) is 0 Å². The van der Waals surface area contributed by atoms with E-state index in [0.717, 1.165) is 5.69 Å². The van der Waals surface area contributed by atoms with Gasteiger partial charge in [0, 0.05) is 18.3 Å². The van der Waals surface area contributed by atoms with Crippen LogP contribution in [-0.2, 0) is 21.4 Å². The first-order chi connectivity index (χ1) is 11.7. The molecule has 1 heterocycles. The van der Waals surface area contributed by atoms with Crippen LogP contribution in [-0.4, -0.2) is 45.0 Å². The van der Waals surface area contributed by atoms with Crippen molar-refractivity contribution in [1.29, 1.82) is 0 Å². The highest BCUT2D eigenvalue weighted by atomic mass is 32.2. The number of carbonyl (C=O) groups is 1. The average molecular weight is 366 g/mol. The molecule has 0 radical (unpaired) electrons. The van der Waals surface area contributed by atoms with E-state index in [9.17, 15) is 13.2 Å². The molecule has 1 amide bonds. The number of hydrogen-bond acceptors (Lipinski definition) is 6. The number of rotatable bonds is 7. The lowest BCUT2D eigenvalue weighted by atomic mass is 10.2. The van der Waals surface area contributed by atoms with Crippen LogP contribution in [0, 0.1) is 13.8 Å². The van der Waals surface area contributed by atoms with Gasteiger partial charge >= 0.3 is 0 Å². The summed E-state index contributed by atoms with van der Waals surface area (Å²) in [5.41, 5.74) is 1.77. The molecule has 0 saturated heterocycles. The molecule has 2 aromatic rings. The first-order valence-corrected chi connectivity index (χ1v) is 9.14. The molecule has 0 aliphatic heterocycles. The van der Waals surface area contributed by atoms with Crippen LogP contribution in [0.4, 0.5) is 5.69 Å². The monoisotopic (exact) mass is 366 g/mol. The summed E-state index contributed by atoms with van der Waals surface area (Å²) in [6, 6.07) is 6.58. The molecule has 0 atom stereocenters. The quantitative estimate of drug-likeness (QED) is 0.765. The summed E-state index contributed by atoms with van der Waals surface area (Å²) >= 11 is 0. The molecule has 136 valence electrons. The Bertz CT molecular complexity index is 861. The Kier molecular flexibility index (Phi) is 5.93. The summed E-state index contributed by atoms with van der Waals surface area (Å²) in [6.07, 6.45) is 0. The summed E-state index contributed by atoms with van der Waals surface area (Å²) in [4.78, 5) is 14.1. The Morgan fingerprint density at radius 2 is 2.00 bits per heavy atom. The molecule has 1 aromatic heterocycles. The molecular formula is C16H22N4O4S. The third-order valence-electron chi connectivity index (χ3n) is 3.55. The number of aromatic nitrogens is 1. The molecule has 0 aliphatic rings. The van der Waals surface area contributed by atoms with E-state index in [1.165, 1.54) is 13.1 Å². The predicted molar refractivity (Wildman–Crippen MR) is 93.6 cm³/mol. The summed E-state index contributed by atoms with van der Waals surface area (Å²) in [6.45, 7) is 4.10. The van der Waals surface area contributed by atoms with Crippen LogP contribution in [0.25, 0.3) is 0 Å². The van der Waals surface area contributed by atoms with Crippen molar-refractivity contribution in [3.05, 3.63) is 41.3 Å². The first kappa shape index (κ1) is 19.1. The van der Waals surface area contributed by atoms with Gasteiger partial charge in [-0.2, -0.15) is 0 Å². The van der Waals surface area contributed by atoms with E-state index >= 15 is 0 Å². The third kappa shape index (κ3) is 5.12. The van der Waals surface area contributed by atoms with Crippen molar-refractivity contribution in [1.82, 2.24) is 14.8 Å². The number of aryl methyl sites for hydroxylation is 2. The lowest BCUT2D eigenvalue weighted by Crippen LogP contribution is -2.30. The fourth-order valence-corrected chi connectivity index (χ4v) is 3.34. The Morgan fingerprint density at radius 1 is 1.28 bits per heavy atom. The Balaban J connectivity index is 2.01. The maximum atomic E-state index is 12.2. The fourth-order valence-electron chi connectivity index (χ4n) is 2.35. The van der Waals surface area contributed by atoms with Gasteiger partial charge in [0.05, 0.1) is 17.1 Å². The Labute approximate surface area is 147 Å². The highest BCUT2D eigenvalue weighted by Gasteiger charge is 2.16. The minimum absolute atomic E-state index is 0.133. The van der Waals surface area contributed by atoms with Crippen molar-refractivity contribution in [2.75, 3.05) is 26.0 Å². The third-order valence-corrected chi connectivity index (χ3v) is 5.11. The van der Waals surface area contributed by atoms with Crippen LogP contribution >= 0.6 is 0 Å². The van der Waals surface area contributed by atoms with Gasteiger partial charge in [-0.3, -0.25) is 9.69 Å². The molecule has 1 aromatic carbocycles. The van der Waals surface area contributed by atoms with Gasteiger partial charge in [0.2, 0.25) is 15.9 Å². The molecule has 0 saturated carbocycles. The highest BCUT2D eigenvalue weighted by molar-refractivity contribution is 7.89. The normalized spacial score (nSPS) is 11.7. The predicted octanol–water partition coefficient (Wildman–Crippen LogP) is 1.27. The average Bonchev–Trinajstić information content (AvgIpc) is 2.93. The molecule has 0 spiro atoms. The second-order valence-corrected chi connectivity index (χ2v) is 7.69. The van der Waals surface area contributed by atoms with Gasteiger partial charge < -0.3 is 9.84 Å². The Morgan fingerprint density at radius 3 is 2.60 bits per heavy atom. The van der Waals surface area contributed by atoms with Crippen molar-refractivity contribution in [3.63, 3.8) is 0 Å². The number of carbonyl (C=O) groups excluding carboxylic acids is 1. The second-order valence-electron chi connectivity index (χ2n) is 5.84. The minimum atomic E-state index is -3.58. The van der Waals surface area contributed by atoms with Gasteiger partial charge in [0.1, 0.15) is 5.76 Å². The van der Waals surface area contributed by atoms with Crippen LogP contribution in [0.1, 0.15) is 17.0 Å². The molecule has 8 nitrogen and oxygen atoms in total. The van der Waals surface area contributed by atoms with Gasteiger partial charge in [0.15, 0.2) is 0 Å². The van der Waals surface area contributed by atoms with Crippen LogP contribution in [0.2, 0.25) is 0 Å². The molecule has 0 unspecified atom stereocenters. The topological polar surface area (TPSA) is 105 Å². The number of hydrogen-bond donors (Lipinski definition) is 2. The summed E-state index contributed by atoms with van der Waals surface area (Å²) in [5.74, 6) is 0.463. The smallest absolute Gasteiger partial charge is 0.240 e. The van der Waals surface area contributed by atoms with E-state index < -0.39 is 10.0 Å². The van der Waals surface area contributed by atoms with Gasteiger partial charge in [-0.15, -0.1) is 0 Å². The lowest BCUT2D eigenvalue weighted by Gasteiger charge is -2.15. The number of benzene rings is 1. The standard InChI is InChI=1S/C16H22N4O4S/c1-11-5-6-13(8-15(11)25(22,23)17-3)18-16(21)10-20(4)9-14-7-12(2)24-19-14/h5-8,17H,9-10H2,1-4H3,(H,18,21). The van der Waals surface area contributed by atoms with Gasteiger partial charge in [-0.1, -0.05) is 11.2 Å². The van der Waals surface area contributed by atoms with E-state index in [0.29, 0.717) is 23.6 Å². The van der Waals surface area contributed by atoms with Crippen molar-refractivity contribution >= 4 is 21.6 Å². The minimum Gasteiger partial charge on any atom is -0.361 e. The number of anilines is 1. The zero-order valence-corrected chi connectivity index (χ0v) is 15.5. The van der Waals surface area contributed by atoms with Gasteiger partial charge in [-0.05, 0) is 45.6 Å². The highest BCUT2D eigenvalue weighted by Crippen LogP contribution is 2.20. The van der Waals surface area contributed by atoms with Crippen LogP contribution in [0.3, 0.4) is 0 Å². The molecule has 0 fully saturated rings. The van der Waals surface area contributed by atoms with E-state index in [1.54, 1.807) is 37.9 Å². The fraction of sp³-hybridized carbons (Fsp3) is 0.375. The summed E-state index contributed by atoms with van der Waals surface area (Å²) in [5, 5.41) is 6.59. The van der Waals surface area contributed by atoms with E-state index in [-0.39, 0.29) is 17.3 Å².